The smallest absolute Gasteiger partial charge is 0.500 e. The third kappa shape index (κ3) is 6.40. The van der Waals surface area contributed by atoms with Gasteiger partial charge in [-0.1, -0.05) is 18.2 Å². The molecule has 1 aliphatic heterocycles. The van der Waals surface area contributed by atoms with Gasteiger partial charge in [-0.2, -0.15) is 0 Å². The van der Waals surface area contributed by atoms with E-state index in [2.05, 4.69) is 23.3 Å². The molecule has 0 amide bonds. The molecule has 2 aromatic rings. The van der Waals surface area contributed by atoms with Crippen LogP contribution in [0.2, 0.25) is 6.04 Å². The summed E-state index contributed by atoms with van der Waals surface area (Å²) < 4.78 is 62.1. The van der Waals surface area contributed by atoms with Crippen LogP contribution < -0.4 is 14.8 Å². The number of hydrogen-bond donors (Lipinski definition) is 0. The minimum atomic E-state index is -4.72. The van der Waals surface area contributed by atoms with Gasteiger partial charge in [0.1, 0.15) is 35.1 Å². The first-order valence-electron chi connectivity index (χ1n) is 13.6. The highest BCUT2D eigenvalue weighted by Gasteiger charge is 2.37. The molecule has 0 atom stereocenters. The quantitative estimate of drug-likeness (QED) is 0.101. The largest absolute Gasteiger partial charge is 0.744 e. The van der Waals surface area contributed by atoms with Crippen LogP contribution in [0, 0.1) is 0 Å². The molecular formula is C30H38N2O7SSi. The van der Waals surface area contributed by atoms with Crippen LogP contribution in [0.15, 0.2) is 70.0 Å². The molecule has 0 unspecified atom stereocenters. The van der Waals surface area contributed by atoms with Crippen molar-refractivity contribution >= 4 is 35.6 Å². The van der Waals surface area contributed by atoms with E-state index in [4.69, 9.17) is 17.7 Å². The highest BCUT2D eigenvalue weighted by atomic mass is 32.2. The average molecular weight is 599 g/mol. The molecule has 0 saturated carbocycles. The predicted molar refractivity (Wildman–Crippen MR) is 162 cm³/mol. The molecule has 0 spiro atoms. The second-order valence-corrected chi connectivity index (χ2v) is 14.2. The van der Waals surface area contributed by atoms with Gasteiger partial charge >= 0.3 is 8.80 Å². The fraction of sp³-hybridized carbons (Fsp3) is 0.367. The minimum Gasteiger partial charge on any atom is -0.744 e. The number of anilines is 1. The first-order valence-corrected chi connectivity index (χ1v) is 17.0. The van der Waals surface area contributed by atoms with Gasteiger partial charge in [-0.15, -0.1) is 0 Å². The zero-order valence-corrected chi connectivity index (χ0v) is 26.3. The van der Waals surface area contributed by atoms with Crippen LogP contribution in [0.5, 0.6) is 0 Å². The van der Waals surface area contributed by atoms with Crippen molar-refractivity contribution in [3.8, 4) is 22.5 Å². The topological polar surface area (TPSA) is 104 Å². The summed E-state index contributed by atoms with van der Waals surface area (Å²) in [7, 11) is -0.571. The molecule has 4 rings (SSSR count). The molecule has 41 heavy (non-hydrogen) atoms. The Labute approximate surface area is 243 Å². The highest BCUT2D eigenvalue weighted by Crippen LogP contribution is 2.42. The van der Waals surface area contributed by atoms with Gasteiger partial charge in [0.15, 0.2) is 0 Å². The van der Waals surface area contributed by atoms with Crippen molar-refractivity contribution in [3.63, 3.8) is 0 Å². The number of hydrogen-bond acceptors (Lipinski definition) is 8. The highest BCUT2D eigenvalue weighted by molar-refractivity contribution is 7.85. The van der Waals surface area contributed by atoms with Gasteiger partial charge in [-0.3, -0.25) is 0 Å². The van der Waals surface area contributed by atoms with E-state index >= 15 is 0 Å². The van der Waals surface area contributed by atoms with Crippen molar-refractivity contribution in [1.29, 1.82) is 0 Å². The van der Waals surface area contributed by atoms with Crippen LogP contribution in [-0.2, 0) is 23.4 Å². The maximum absolute atomic E-state index is 12.3. The van der Waals surface area contributed by atoms with Crippen molar-refractivity contribution in [2.45, 2.75) is 31.2 Å². The lowest BCUT2D eigenvalue weighted by Gasteiger charge is -2.23. The molecule has 0 fully saturated rings. The Morgan fingerprint density at radius 1 is 0.927 bits per heavy atom. The molecule has 0 saturated heterocycles. The van der Waals surface area contributed by atoms with Crippen molar-refractivity contribution in [3.05, 3.63) is 66.0 Å². The van der Waals surface area contributed by atoms with E-state index in [1.165, 1.54) is 6.07 Å². The van der Waals surface area contributed by atoms with Crippen LogP contribution >= 0.6 is 0 Å². The zero-order chi connectivity index (χ0) is 29.8. The predicted octanol–water partition coefficient (Wildman–Crippen LogP) is 4.63. The lowest BCUT2D eigenvalue weighted by atomic mass is 9.93. The second-order valence-electron chi connectivity index (χ2n) is 9.78. The number of rotatable bonds is 12. The van der Waals surface area contributed by atoms with E-state index in [0.717, 1.165) is 42.5 Å². The summed E-state index contributed by atoms with van der Waals surface area (Å²) in [6, 6.07) is 18.8. The van der Waals surface area contributed by atoms with Gasteiger partial charge in [0.2, 0.25) is 5.36 Å². The fourth-order valence-electron chi connectivity index (χ4n) is 5.29. The lowest BCUT2D eigenvalue weighted by molar-refractivity contribution is 0.123. The van der Waals surface area contributed by atoms with Crippen LogP contribution in [0.25, 0.3) is 33.4 Å². The van der Waals surface area contributed by atoms with Crippen LogP contribution in [0.3, 0.4) is 0 Å². The van der Waals surface area contributed by atoms with Crippen molar-refractivity contribution < 1.29 is 30.7 Å². The Bertz CT molecular complexity index is 1650. The average Bonchev–Trinajstić information content (AvgIpc) is 2.98. The molecule has 1 aliphatic carbocycles. The molecular weight excluding hydrogens is 560 g/mol. The van der Waals surface area contributed by atoms with Gasteiger partial charge in [0.25, 0.3) is 0 Å². The van der Waals surface area contributed by atoms with E-state index < -0.39 is 18.9 Å². The van der Waals surface area contributed by atoms with E-state index in [1.54, 1.807) is 39.5 Å². The first kappa shape index (κ1) is 30.9. The van der Waals surface area contributed by atoms with Gasteiger partial charge < -0.3 is 27.1 Å². The van der Waals surface area contributed by atoms with E-state index in [-0.39, 0.29) is 4.90 Å². The minimum absolute atomic E-state index is 0.259. The molecule has 0 radical (unpaired) electrons. The van der Waals surface area contributed by atoms with E-state index in [9.17, 15) is 13.0 Å². The Kier molecular flexibility index (Phi) is 9.68. The van der Waals surface area contributed by atoms with Crippen LogP contribution in [-0.4, -0.2) is 69.8 Å². The summed E-state index contributed by atoms with van der Waals surface area (Å²) in [5, 5.41) is 1.65. The molecule has 0 N–H and O–H groups in total. The summed E-state index contributed by atoms with van der Waals surface area (Å²) in [6.07, 6.45) is 0.790. The summed E-state index contributed by atoms with van der Waals surface area (Å²) in [5.41, 5.74) is 3.31. The van der Waals surface area contributed by atoms with Gasteiger partial charge in [0, 0.05) is 86.8 Å². The van der Waals surface area contributed by atoms with Crippen LogP contribution in [0.4, 0.5) is 5.69 Å². The molecule has 0 aromatic heterocycles. The summed E-state index contributed by atoms with van der Waals surface area (Å²) >= 11 is 0. The molecule has 0 bridgehead atoms. The van der Waals surface area contributed by atoms with Crippen molar-refractivity contribution in [1.82, 2.24) is 4.58 Å². The molecule has 1 heterocycles. The molecule has 220 valence electrons. The first-order chi connectivity index (χ1) is 19.6. The maximum atomic E-state index is 12.3. The summed E-state index contributed by atoms with van der Waals surface area (Å²) in [5.74, 6) is 0.584. The normalized spacial score (nSPS) is 13.1. The number of nitrogens with zero attached hydrogens (tertiary/aromatic N) is 2. The molecule has 11 heteroatoms. The van der Waals surface area contributed by atoms with Crippen LogP contribution in [0.1, 0.15) is 20.3 Å². The van der Waals surface area contributed by atoms with E-state index in [0.29, 0.717) is 34.1 Å². The third-order valence-corrected chi connectivity index (χ3v) is 11.3. The lowest BCUT2D eigenvalue weighted by Crippen LogP contribution is -2.43. The Balaban J connectivity index is 1.92. The summed E-state index contributed by atoms with van der Waals surface area (Å²) in [4.78, 5) is 1.95. The standard InChI is InChI=1S/C30H38N2O7SSi/c1-7-32(8-2)23-15-17-25-28(21-23)39-27-20-22(31(3)18-11-19-41(36-4,37-5)38-6)14-16-24(27)30(25)26-12-9-10-13-29(26)40(33,34)35/h9-10,12-17,20-21H,7-8,11,18-19H2,1-6H3. The molecule has 9 nitrogen and oxygen atoms in total. The van der Waals surface area contributed by atoms with Crippen molar-refractivity contribution in [2.75, 3.05) is 52.9 Å². The van der Waals surface area contributed by atoms with Crippen molar-refractivity contribution in [2.24, 2.45) is 0 Å². The van der Waals surface area contributed by atoms with Gasteiger partial charge in [-0.05, 0) is 38.1 Å². The molecule has 2 aromatic carbocycles. The Morgan fingerprint density at radius 2 is 1.61 bits per heavy atom. The Morgan fingerprint density at radius 3 is 2.24 bits per heavy atom. The Hall–Kier alpha value is -3.06. The second kappa shape index (κ2) is 12.8. The fourth-order valence-corrected chi connectivity index (χ4v) is 7.68. The SMILES string of the molecule is CCN(CC)c1ccc2c(-c3ccccc3S(=O)(=O)[O-])c3ccc(=[N+](C)CCC[Si](OC)(OC)OC)cc-3oc2c1. The third-order valence-electron chi connectivity index (χ3n) is 7.59. The zero-order valence-electron chi connectivity index (χ0n) is 24.5. The molecule has 2 aliphatic rings. The van der Waals surface area contributed by atoms with Gasteiger partial charge in [0.05, 0.1) is 11.0 Å². The van der Waals surface area contributed by atoms with E-state index in [1.807, 2.05) is 43.4 Å². The number of benzene rings is 3. The maximum Gasteiger partial charge on any atom is 0.500 e. The summed E-state index contributed by atoms with van der Waals surface area (Å²) in [6.45, 7) is 6.56. The van der Waals surface area contributed by atoms with Gasteiger partial charge in [-0.25, -0.2) is 13.0 Å². The number of fused-ring (bicyclic) bond motifs is 2. The monoisotopic (exact) mass is 598 g/mol.